The number of nitrogens with one attached hydrogen (secondary N) is 1. The van der Waals surface area contributed by atoms with Crippen LogP contribution in [0.25, 0.3) is 0 Å². The van der Waals surface area contributed by atoms with Gasteiger partial charge >= 0.3 is 0 Å². The lowest BCUT2D eigenvalue weighted by molar-refractivity contribution is 0.199. The number of hydrogen-bond acceptors (Lipinski definition) is 2. The Kier molecular flexibility index (Phi) is 5.22. The summed E-state index contributed by atoms with van der Waals surface area (Å²) in [6.45, 7) is 13.8. The summed E-state index contributed by atoms with van der Waals surface area (Å²) in [6.07, 6.45) is 2.49. The highest BCUT2D eigenvalue weighted by Crippen LogP contribution is 2.43. The molecular weight excluding hydrogens is 244 g/mol. The van der Waals surface area contributed by atoms with Crippen molar-refractivity contribution in [3.05, 3.63) is 35.4 Å². The summed E-state index contributed by atoms with van der Waals surface area (Å²) >= 11 is 0. The van der Waals surface area contributed by atoms with E-state index in [0.717, 1.165) is 26.2 Å². The summed E-state index contributed by atoms with van der Waals surface area (Å²) in [5.74, 6) is 0. The second kappa shape index (κ2) is 6.73. The fourth-order valence-electron chi connectivity index (χ4n) is 3.36. The predicted octanol–water partition coefficient (Wildman–Crippen LogP) is 3.63. The normalized spacial score (nSPS) is 20.9. The molecule has 0 spiro atoms. The van der Waals surface area contributed by atoms with Crippen LogP contribution in [0.15, 0.2) is 24.3 Å². The number of hydrogen-bond donors (Lipinski definition) is 1. The standard InChI is InChI=1S/C18H30N2/c1-5-20(6-2)14-13-19-17-16-10-8-7-9-15(16)11-12-18(17,3)4/h7-10,17,19H,5-6,11-14H2,1-4H3. The molecule has 112 valence electrons. The highest BCUT2D eigenvalue weighted by molar-refractivity contribution is 5.34. The van der Waals surface area contributed by atoms with Crippen LogP contribution in [0.3, 0.4) is 0 Å². The van der Waals surface area contributed by atoms with Gasteiger partial charge in [-0.05, 0) is 42.5 Å². The lowest BCUT2D eigenvalue weighted by Crippen LogP contribution is -2.41. The molecule has 0 radical (unpaired) electrons. The zero-order valence-electron chi connectivity index (χ0n) is 13.6. The molecule has 20 heavy (non-hydrogen) atoms. The van der Waals surface area contributed by atoms with Crippen LogP contribution in [-0.4, -0.2) is 31.1 Å². The third kappa shape index (κ3) is 3.42. The molecule has 0 saturated heterocycles. The van der Waals surface area contributed by atoms with Crippen LogP contribution in [0, 0.1) is 5.41 Å². The van der Waals surface area contributed by atoms with Crippen molar-refractivity contribution in [2.45, 2.75) is 46.6 Å². The molecule has 1 aliphatic carbocycles. The van der Waals surface area contributed by atoms with E-state index in [0.29, 0.717) is 11.5 Å². The predicted molar refractivity (Wildman–Crippen MR) is 87.1 cm³/mol. The summed E-state index contributed by atoms with van der Waals surface area (Å²) in [4.78, 5) is 2.48. The van der Waals surface area contributed by atoms with Gasteiger partial charge in [0.05, 0.1) is 0 Å². The van der Waals surface area contributed by atoms with Gasteiger partial charge < -0.3 is 10.2 Å². The van der Waals surface area contributed by atoms with E-state index in [-0.39, 0.29) is 0 Å². The van der Waals surface area contributed by atoms with Gasteiger partial charge in [-0.25, -0.2) is 0 Å². The van der Waals surface area contributed by atoms with Gasteiger partial charge in [0.1, 0.15) is 0 Å². The molecule has 0 bridgehead atoms. The second-order valence-electron chi connectivity index (χ2n) is 6.60. The van der Waals surface area contributed by atoms with Crippen molar-refractivity contribution in [3.63, 3.8) is 0 Å². The van der Waals surface area contributed by atoms with E-state index in [2.05, 4.69) is 62.2 Å². The third-order valence-corrected chi connectivity index (χ3v) is 4.86. The monoisotopic (exact) mass is 274 g/mol. The van der Waals surface area contributed by atoms with E-state index in [1.54, 1.807) is 0 Å². The van der Waals surface area contributed by atoms with Crippen molar-refractivity contribution in [2.75, 3.05) is 26.2 Å². The van der Waals surface area contributed by atoms with E-state index < -0.39 is 0 Å². The molecule has 1 aromatic carbocycles. The van der Waals surface area contributed by atoms with E-state index in [4.69, 9.17) is 0 Å². The maximum absolute atomic E-state index is 3.83. The Morgan fingerprint density at radius 2 is 1.90 bits per heavy atom. The van der Waals surface area contributed by atoms with Gasteiger partial charge in [0.25, 0.3) is 0 Å². The van der Waals surface area contributed by atoms with Crippen molar-refractivity contribution in [3.8, 4) is 0 Å². The van der Waals surface area contributed by atoms with Crippen LogP contribution in [0.4, 0.5) is 0 Å². The number of rotatable bonds is 6. The van der Waals surface area contributed by atoms with Crippen molar-refractivity contribution in [1.29, 1.82) is 0 Å². The Morgan fingerprint density at radius 3 is 2.60 bits per heavy atom. The Hall–Kier alpha value is -0.860. The Bertz CT molecular complexity index is 421. The van der Waals surface area contributed by atoms with Gasteiger partial charge in [-0.2, -0.15) is 0 Å². The number of fused-ring (bicyclic) bond motifs is 1. The molecule has 0 heterocycles. The highest BCUT2D eigenvalue weighted by Gasteiger charge is 2.35. The van der Waals surface area contributed by atoms with Crippen LogP contribution in [0.1, 0.15) is 51.3 Å². The summed E-state index contributed by atoms with van der Waals surface area (Å²) in [6, 6.07) is 9.45. The van der Waals surface area contributed by atoms with Crippen LogP contribution < -0.4 is 5.32 Å². The van der Waals surface area contributed by atoms with Crippen molar-refractivity contribution in [1.82, 2.24) is 10.2 Å². The van der Waals surface area contributed by atoms with E-state index in [1.165, 1.54) is 24.0 Å². The average Bonchev–Trinajstić information content (AvgIpc) is 2.45. The minimum atomic E-state index is 0.345. The maximum Gasteiger partial charge on any atom is 0.0375 e. The Balaban J connectivity index is 2.04. The smallest absolute Gasteiger partial charge is 0.0375 e. The maximum atomic E-state index is 3.83. The molecule has 2 heteroatoms. The molecule has 0 fully saturated rings. The van der Waals surface area contributed by atoms with Crippen LogP contribution in [0.2, 0.25) is 0 Å². The first-order chi connectivity index (χ1) is 9.58. The van der Waals surface area contributed by atoms with Crippen LogP contribution >= 0.6 is 0 Å². The van der Waals surface area contributed by atoms with E-state index in [9.17, 15) is 0 Å². The molecule has 0 amide bonds. The number of likely N-dealkylation sites (N-methyl/N-ethyl adjacent to an activating group) is 1. The first kappa shape index (κ1) is 15.5. The number of benzene rings is 1. The number of nitrogens with zero attached hydrogens (tertiary/aromatic N) is 1. The fourth-order valence-corrected chi connectivity index (χ4v) is 3.36. The molecule has 0 aromatic heterocycles. The molecular formula is C18H30N2. The Labute approximate surface area is 124 Å². The SMILES string of the molecule is CCN(CC)CCNC1c2ccccc2CCC1(C)C. The van der Waals surface area contributed by atoms with Crippen molar-refractivity contribution < 1.29 is 0 Å². The molecule has 1 atom stereocenters. The van der Waals surface area contributed by atoms with Gasteiger partial charge in [0, 0.05) is 19.1 Å². The van der Waals surface area contributed by atoms with Crippen molar-refractivity contribution >= 4 is 0 Å². The van der Waals surface area contributed by atoms with Gasteiger partial charge in [-0.3, -0.25) is 0 Å². The zero-order chi connectivity index (χ0) is 14.6. The minimum absolute atomic E-state index is 0.345. The van der Waals surface area contributed by atoms with Gasteiger partial charge in [0.15, 0.2) is 0 Å². The summed E-state index contributed by atoms with van der Waals surface area (Å²) in [5.41, 5.74) is 3.40. The molecule has 2 nitrogen and oxygen atoms in total. The van der Waals surface area contributed by atoms with Crippen molar-refractivity contribution in [2.24, 2.45) is 5.41 Å². The van der Waals surface area contributed by atoms with E-state index >= 15 is 0 Å². The summed E-state index contributed by atoms with van der Waals surface area (Å²) in [5, 5.41) is 3.83. The minimum Gasteiger partial charge on any atom is -0.308 e. The van der Waals surface area contributed by atoms with E-state index in [1.807, 2.05) is 0 Å². The lowest BCUT2D eigenvalue weighted by atomic mass is 9.70. The molecule has 1 unspecified atom stereocenters. The van der Waals surface area contributed by atoms with Crippen LogP contribution in [-0.2, 0) is 6.42 Å². The number of aryl methyl sites for hydroxylation is 1. The highest BCUT2D eigenvalue weighted by atomic mass is 15.1. The molecule has 2 rings (SSSR count). The van der Waals surface area contributed by atoms with Crippen LogP contribution in [0.5, 0.6) is 0 Å². The molecule has 0 saturated carbocycles. The zero-order valence-corrected chi connectivity index (χ0v) is 13.6. The van der Waals surface area contributed by atoms with Gasteiger partial charge in [0.2, 0.25) is 0 Å². The summed E-state index contributed by atoms with van der Waals surface area (Å²) in [7, 11) is 0. The molecule has 1 aliphatic rings. The summed E-state index contributed by atoms with van der Waals surface area (Å²) < 4.78 is 0. The quantitative estimate of drug-likeness (QED) is 0.852. The first-order valence-electron chi connectivity index (χ1n) is 8.12. The molecule has 1 N–H and O–H groups in total. The van der Waals surface area contributed by atoms with Gasteiger partial charge in [-0.15, -0.1) is 0 Å². The fraction of sp³-hybridized carbons (Fsp3) is 0.667. The molecule has 1 aromatic rings. The van der Waals surface area contributed by atoms with Gasteiger partial charge in [-0.1, -0.05) is 52.0 Å². The lowest BCUT2D eigenvalue weighted by Gasteiger charge is -2.41. The Morgan fingerprint density at radius 1 is 1.20 bits per heavy atom. The largest absolute Gasteiger partial charge is 0.308 e. The third-order valence-electron chi connectivity index (χ3n) is 4.86. The average molecular weight is 274 g/mol. The second-order valence-corrected chi connectivity index (χ2v) is 6.60. The molecule has 0 aliphatic heterocycles. The first-order valence-corrected chi connectivity index (χ1v) is 8.12. The topological polar surface area (TPSA) is 15.3 Å².